The highest BCUT2D eigenvalue weighted by Crippen LogP contribution is 2.29. The molecule has 0 bridgehead atoms. The summed E-state index contributed by atoms with van der Waals surface area (Å²) in [5.41, 5.74) is 20.7. The van der Waals surface area contributed by atoms with E-state index < -0.39 is 24.3 Å². The second-order valence-corrected chi connectivity index (χ2v) is 11.4. The van der Waals surface area contributed by atoms with Crippen molar-refractivity contribution in [3.8, 4) is 22.5 Å². The topological polar surface area (TPSA) is 183 Å². The number of nitrogens with zero attached hydrogens (tertiary/aromatic N) is 2. The highest BCUT2D eigenvalue weighted by Gasteiger charge is 2.38. The molecule has 0 aliphatic heterocycles. The van der Waals surface area contributed by atoms with E-state index in [1.54, 1.807) is 0 Å². The lowest BCUT2D eigenvalue weighted by molar-refractivity contribution is -0.193. The van der Waals surface area contributed by atoms with Crippen LogP contribution < -0.4 is 11.5 Å². The number of nitrogens with one attached hydrogen (secondary N) is 2. The number of hydrogen-bond acceptors (Lipinski definition) is 4. The van der Waals surface area contributed by atoms with E-state index in [1.807, 2.05) is 39.8 Å². The predicted molar refractivity (Wildman–Crippen MR) is 180 cm³/mol. The molecule has 10 nitrogen and oxygen atoms in total. The van der Waals surface area contributed by atoms with Gasteiger partial charge < -0.3 is 31.6 Å². The SMILES string of the molecule is CC(C)N=C(N)c1ccc2cc(-c3ccc(-c4cc5ccc(C(N)=NC(C)C)cc5[nH]4)cc3)[nH]c2c1.O=C(O)C(F)(F)F.O=C(O)C(F)(F)F. The molecule has 2 aromatic heterocycles. The lowest BCUT2D eigenvalue weighted by Crippen LogP contribution is -2.21. The highest BCUT2D eigenvalue weighted by atomic mass is 19.4. The normalized spacial score (nSPS) is 12.5. The maximum atomic E-state index is 10.6. The van der Waals surface area contributed by atoms with Gasteiger partial charge in [0.05, 0.1) is 0 Å². The van der Waals surface area contributed by atoms with Crippen molar-refractivity contribution in [2.75, 3.05) is 0 Å². The minimum Gasteiger partial charge on any atom is -0.475 e. The number of halogens is 6. The minimum atomic E-state index is -5.08. The number of H-pyrrole nitrogens is 2. The van der Waals surface area contributed by atoms with Gasteiger partial charge in [-0.05, 0) is 63.1 Å². The molecule has 266 valence electrons. The Morgan fingerprint density at radius 2 is 0.900 bits per heavy atom. The molecule has 2 heterocycles. The number of hydrogen-bond donors (Lipinski definition) is 6. The van der Waals surface area contributed by atoms with E-state index in [1.165, 1.54) is 0 Å². The van der Waals surface area contributed by atoms with E-state index in [-0.39, 0.29) is 12.1 Å². The minimum absolute atomic E-state index is 0.162. The van der Waals surface area contributed by atoms with E-state index in [4.69, 9.17) is 31.3 Å². The van der Waals surface area contributed by atoms with E-state index >= 15 is 0 Å². The van der Waals surface area contributed by atoms with Crippen LogP contribution in [0.25, 0.3) is 44.3 Å². The number of rotatable bonds is 6. The van der Waals surface area contributed by atoms with E-state index in [0.717, 1.165) is 55.4 Å². The van der Waals surface area contributed by atoms with Crippen molar-refractivity contribution in [1.29, 1.82) is 0 Å². The molecule has 0 aliphatic carbocycles. The van der Waals surface area contributed by atoms with Gasteiger partial charge in [0, 0.05) is 56.4 Å². The number of alkyl halides is 6. The molecule has 0 saturated heterocycles. The molecule has 0 aliphatic rings. The number of amidine groups is 2. The average molecular weight is 705 g/mol. The van der Waals surface area contributed by atoms with Gasteiger partial charge in [-0.25, -0.2) is 9.59 Å². The molecular formula is C34H34F6N6O4. The zero-order valence-corrected chi connectivity index (χ0v) is 27.1. The number of aromatic amines is 2. The third kappa shape index (κ3) is 10.6. The van der Waals surface area contributed by atoms with Crippen molar-refractivity contribution in [2.45, 2.75) is 52.1 Å². The smallest absolute Gasteiger partial charge is 0.475 e. The van der Waals surface area contributed by atoms with Crippen LogP contribution in [0.4, 0.5) is 26.3 Å². The van der Waals surface area contributed by atoms with E-state index in [0.29, 0.717) is 11.7 Å². The third-order valence-corrected chi connectivity index (χ3v) is 6.62. The molecule has 0 fully saturated rings. The van der Waals surface area contributed by atoms with Crippen LogP contribution in [0.5, 0.6) is 0 Å². The van der Waals surface area contributed by atoms with Gasteiger partial charge in [-0.2, -0.15) is 26.3 Å². The predicted octanol–water partition coefficient (Wildman–Crippen LogP) is 7.48. The largest absolute Gasteiger partial charge is 0.490 e. The maximum Gasteiger partial charge on any atom is 0.490 e. The summed E-state index contributed by atoms with van der Waals surface area (Å²) in [5, 5.41) is 16.5. The summed E-state index contributed by atoms with van der Waals surface area (Å²) in [6.45, 7) is 8.09. The van der Waals surface area contributed by atoms with Crippen molar-refractivity contribution in [3.63, 3.8) is 0 Å². The van der Waals surface area contributed by atoms with Gasteiger partial charge in [0.25, 0.3) is 0 Å². The Morgan fingerprint density at radius 1 is 0.600 bits per heavy atom. The number of nitrogens with two attached hydrogens (primary N) is 2. The van der Waals surface area contributed by atoms with Crippen LogP contribution in [-0.4, -0.2) is 68.2 Å². The summed E-state index contributed by atoms with van der Waals surface area (Å²) in [6, 6.07) is 25.5. The monoisotopic (exact) mass is 704 g/mol. The van der Waals surface area contributed by atoms with Crippen LogP contribution in [-0.2, 0) is 9.59 Å². The Bertz CT molecular complexity index is 1880. The summed E-state index contributed by atoms with van der Waals surface area (Å²) >= 11 is 0. The number of carboxylic acids is 2. The molecule has 50 heavy (non-hydrogen) atoms. The first-order valence-electron chi connectivity index (χ1n) is 14.8. The summed E-state index contributed by atoms with van der Waals surface area (Å²) in [4.78, 5) is 33.8. The molecular weight excluding hydrogens is 670 g/mol. The van der Waals surface area contributed by atoms with Crippen molar-refractivity contribution in [1.82, 2.24) is 9.97 Å². The number of aromatic nitrogens is 2. The summed E-state index contributed by atoms with van der Waals surface area (Å²) in [5.74, 6) is -4.39. The second kappa shape index (κ2) is 15.6. The van der Waals surface area contributed by atoms with Crippen molar-refractivity contribution >= 4 is 45.4 Å². The van der Waals surface area contributed by atoms with Crippen LogP contribution in [0.1, 0.15) is 38.8 Å². The van der Waals surface area contributed by atoms with Gasteiger partial charge in [-0.3, -0.25) is 9.98 Å². The fraction of sp³-hybridized carbons (Fsp3) is 0.235. The summed E-state index contributed by atoms with van der Waals surface area (Å²) in [6.07, 6.45) is -10.2. The zero-order valence-electron chi connectivity index (χ0n) is 27.1. The Labute approximate surface area is 281 Å². The van der Waals surface area contributed by atoms with E-state index in [9.17, 15) is 26.3 Å². The zero-order chi connectivity index (χ0) is 37.6. The Hall–Kier alpha value is -5.80. The molecule has 0 radical (unpaired) electrons. The van der Waals surface area contributed by atoms with Gasteiger partial charge in [0.2, 0.25) is 0 Å². The number of fused-ring (bicyclic) bond motifs is 2. The number of aliphatic carboxylic acids is 2. The molecule has 5 rings (SSSR count). The summed E-state index contributed by atoms with van der Waals surface area (Å²) < 4.78 is 63.5. The van der Waals surface area contributed by atoms with Crippen LogP contribution in [0.15, 0.2) is 82.8 Å². The Balaban J connectivity index is 0.000000408. The van der Waals surface area contributed by atoms with Crippen LogP contribution in [0.3, 0.4) is 0 Å². The molecule has 16 heteroatoms. The maximum absolute atomic E-state index is 10.6. The quantitative estimate of drug-likeness (QED) is 0.0605. The van der Waals surface area contributed by atoms with Gasteiger partial charge in [-0.15, -0.1) is 0 Å². The van der Waals surface area contributed by atoms with Gasteiger partial charge >= 0.3 is 24.3 Å². The second-order valence-electron chi connectivity index (χ2n) is 11.4. The summed E-state index contributed by atoms with van der Waals surface area (Å²) in [7, 11) is 0. The Kier molecular flexibility index (Phi) is 12.1. The molecule has 5 aromatic rings. The van der Waals surface area contributed by atoms with Crippen molar-refractivity contribution < 1.29 is 46.1 Å². The molecule has 0 amide bonds. The first kappa shape index (κ1) is 38.6. The first-order chi connectivity index (χ1) is 23.1. The first-order valence-corrected chi connectivity index (χ1v) is 14.8. The molecule has 0 spiro atoms. The number of carboxylic acid groups (broad SMARTS) is 2. The van der Waals surface area contributed by atoms with Gasteiger partial charge in [-0.1, -0.05) is 48.5 Å². The van der Waals surface area contributed by atoms with Gasteiger partial charge in [0.1, 0.15) is 11.7 Å². The average Bonchev–Trinajstić information content (AvgIpc) is 3.64. The van der Waals surface area contributed by atoms with Crippen LogP contribution in [0, 0.1) is 0 Å². The van der Waals surface area contributed by atoms with Crippen LogP contribution in [0.2, 0.25) is 0 Å². The lowest BCUT2D eigenvalue weighted by atomic mass is 10.1. The lowest BCUT2D eigenvalue weighted by Gasteiger charge is -2.03. The highest BCUT2D eigenvalue weighted by molar-refractivity contribution is 6.02. The molecule has 8 N–H and O–H groups in total. The molecule has 0 atom stereocenters. The van der Waals surface area contributed by atoms with Crippen LogP contribution >= 0.6 is 0 Å². The Morgan fingerprint density at radius 3 is 1.16 bits per heavy atom. The number of carbonyl (C=O) groups is 2. The van der Waals surface area contributed by atoms with Gasteiger partial charge in [0.15, 0.2) is 0 Å². The van der Waals surface area contributed by atoms with Crippen molar-refractivity contribution in [2.24, 2.45) is 21.5 Å². The van der Waals surface area contributed by atoms with E-state index in [2.05, 4.69) is 80.6 Å². The standard InChI is InChI=1S/C30H32N6.2C2HF3O2/c1-17(2)33-29(31)23-11-9-21-13-25(35-27(21)15-23)19-5-7-20(8-6-19)26-14-22-10-12-24(16-28(22)36-26)30(32)34-18(3)4;2*3-2(4,5)1(6)7/h5-18,35-36H,1-4H3,(H2,31,33)(H2,32,34);2*(H,6,7). The molecule has 0 unspecified atom stereocenters. The third-order valence-electron chi connectivity index (χ3n) is 6.62. The van der Waals surface area contributed by atoms with Crippen molar-refractivity contribution in [3.05, 3.63) is 83.9 Å². The molecule has 0 saturated carbocycles. The fourth-order valence-electron chi connectivity index (χ4n) is 4.42. The fourth-order valence-corrected chi connectivity index (χ4v) is 4.42. The number of benzene rings is 3. The number of aliphatic imine (C=N–C) groups is 2. The molecule has 3 aromatic carbocycles.